The first-order valence-corrected chi connectivity index (χ1v) is 6.17. The van der Waals surface area contributed by atoms with Crippen molar-refractivity contribution in [2.45, 2.75) is 32.5 Å². The van der Waals surface area contributed by atoms with Crippen LogP contribution in [0.25, 0.3) is 0 Å². The SMILES string of the molecule is COCC1COc2ccccc2CN1C(C)C. The van der Waals surface area contributed by atoms with Crippen LogP contribution in [0, 0.1) is 0 Å². The zero-order valence-electron chi connectivity index (χ0n) is 10.8. The molecule has 3 heteroatoms. The summed E-state index contributed by atoms with van der Waals surface area (Å²) in [5, 5.41) is 0. The van der Waals surface area contributed by atoms with Crippen molar-refractivity contribution in [3.63, 3.8) is 0 Å². The van der Waals surface area contributed by atoms with Gasteiger partial charge in [-0.25, -0.2) is 0 Å². The highest BCUT2D eigenvalue weighted by Gasteiger charge is 2.26. The zero-order valence-corrected chi connectivity index (χ0v) is 10.8. The number of methoxy groups -OCH3 is 1. The molecule has 94 valence electrons. The van der Waals surface area contributed by atoms with Crippen LogP contribution in [-0.2, 0) is 11.3 Å². The molecule has 0 fully saturated rings. The molecule has 1 atom stereocenters. The summed E-state index contributed by atoms with van der Waals surface area (Å²) in [6.07, 6.45) is 0. The van der Waals surface area contributed by atoms with Crippen LogP contribution in [0.5, 0.6) is 5.75 Å². The maximum absolute atomic E-state index is 5.87. The normalized spacial score (nSPS) is 20.8. The number of rotatable bonds is 3. The van der Waals surface area contributed by atoms with Gasteiger partial charge in [-0.2, -0.15) is 0 Å². The molecule has 1 heterocycles. The van der Waals surface area contributed by atoms with Crippen molar-refractivity contribution in [3.8, 4) is 5.75 Å². The molecule has 0 aromatic heterocycles. The monoisotopic (exact) mass is 235 g/mol. The molecule has 1 aromatic carbocycles. The standard InChI is InChI=1S/C14H21NO2/c1-11(2)15-8-12-6-4-5-7-14(12)17-10-13(15)9-16-3/h4-7,11,13H,8-10H2,1-3H3. The summed E-state index contributed by atoms with van der Waals surface area (Å²) in [5.41, 5.74) is 1.26. The van der Waals surface area contributed by atoms with Gasteiger partial charge < -0.3 is 9.47 Å². The smallest absolute Gasteiger partial charge is 0.123 e. The predicted molar refractivity (Wildman–Crippen MR) is 68.3 cm³/mol. The van der Waals surface area contributed by atoms with Crippen LogP contribution in [0.1, 0.15) is 19.4 Å². The Morgan fingerprint density at radius 1 is 1.41 bits per heavy atom. The van der Waals surface area contributed by atoms with E-state index in [2.05, 4.69) is 30.9 Å². The lowest BCUT2D eigenvalue weighted by atomic mass is 10.1. The summed E-state index contributed by atoms with van der Waals surface area (Å²) >= 11 is 0. The van der Waals surface area contributed by atoms with Gasteiger partial charge in [0.2, 0.25) is 0 Å². The van der Waals surface area contributed by atoms with Crippen LogP contribution >= 0.6 is 0 Å². The molecule has 0 amide bonds. The van der Waals surface area contributed by atoms with Gasteiger partial charge in [0.15, 0.2) is 0 Å². The maximum atomic E-state index is 5.87. The number of benzene rings is 1. The molecule has 3 nitrogen and oxygen atoms in total. The highest BCUT2D eigenvalue weighted by atomic mass is 16.5. The summed E-state index contributed by atoms with van der Waals surface area (Å²) in [7, 11) is 1.75. The first kappa shape index (κ1) is 12.4. The largest absolute Gasteiger partial charge is 0.492 e. The molecule has 1 aliphatic rings. The summed E-state index contributed by atoms with van der Waals surface area (Å²) < 4.78 is 11.2. The maximum Gasteiger partial charge on any atom is 0.123 e. The van der Waals surface area contributed by atoms with Crippen molar-refractivity contribution in [1.82, 2.24) is 4.90 Å². The number of hydrogen-bond donors (Lipinski definition) is 0. The molecule has 0 radical (unpaired) electrons. The van der Waals surface area contributed by atoms with Crippen molar-refractivity contribution in [3.05, 3.63) is 29.8 Å². The summed E-state index contributed by atoms with van der Waals surface area (Å²) in [5.74, 6) is 1.01. The third kappa shape index (κ3) is 2.79. The molecule has 0 bridgehead atoms. The van der Waals surface area contributed by atoms with Crippen LogP contribution in [-0.4, -0.2) is 37.3 Å². The highest BCUT2D eigenvalue weighted by Crippen LogP contribution is 2.25. The van der Waals surface area contributed by atoms with Crippen molar-refractivity contribution >= 4 is 0 Å². The molecule has 1 aromatic rings. The van der Waals surface area contributed by atoms with Gasteiger partial charge in [-0.1, -0.05) is 18.2 Å². The van der Waals surface area contributed by atoms with Crippen molar-refractivity contribution in [1.29, 1.82) is 0 Å². The van der Waals surface area contributed by atoms with E-state index in [4.69, 9.17) is 9.47 Å². The second kappa shape index (κ2) is 5.52. The number of fused-ring (bicyclic) bond motifs is 1. The third-order valence-corrected chi connectivity index (χ3v) is 3.25. The van der Waals surface area contributed by atoms with Crippen LogP contribution < -0.4 is 4.74 Å². The molecule has 1 aliphatic heterocycles. The fourth-order valence-electron chi connectivity index (χ4n) is 2.32. The highest BCUT2D eigenvalue weighted by molar-refractivity contribution is 5.34. The van der Waals surface area contributed by atoms with Crippen LogP contribution in [0.2, 0.25) is 0 Å². The third-order valence-electron chi connectivity index (χ3n) is 3.25. The first-order valence-electron chi connectivity index (χ1n) is 6.17. The topological polar surface area (TPSA) is 21.7 Å². The van der Waals surface area contributed by atoms with Gasteiger partial charge in [0.25, 0.3) is 0 Å². The fourth-order valence-corrected chi connectivity index (χ4v) is 2.32. The molecule has 2 rings (SSSR count). The molecule has 0 spiro atoms. The molecule has 0 saturated carbocycles. The summed E-state index contributed by atoms with van der Waals surface area (Å²) in [4.78, 5) is 2.44. The summed E-state index contributed by atoms with van der Waals surface area (Å²) in [6.45, 7) is 6.78. The number of para-hydroxylation sites is 1. The van der Waals surface area contributed by atoms with Gasteiger partial charge in [-0.05, 0) is 19.9 Å². The van der Waals surface area contributed by atoms with Gasteiger partial charge in [0, 0.05) is 25.3 Å². The number of nitrogens with zero attached hydrogens (tertiary/aromatic N) is 1. The Labute approximate surface area is 103 Å². The van der Waals surface area contributed by atoms with Gasteiger partial charge in [0.05, 0.1) is 12.6 Å². The first-order chi connectivity index (χ1) is 8.22. The van der Waals surface area contributed by atoms with Crippen molar-refractivity contribution < 1.29 is 9.47 Å². The summed E-state index contributed by atoms with van der Waals surface area (Å²) in [6, 6.07) is 9.09. The lowest BCUT2D eigenvalue weighted by Gasteiger charge is -2.31. The van der Waals surface area contributed by atoms with Crippen molar-refractivity contribution in [2.24, 2.45) is 0 Å². The molecule has 17 heavy (non-hydrogen) atoms. The van der Waals surface area contributed by atoms with Gasteiger partial charge in [-0.3, -0.25) is 4.90 Å². The lowest BCUT2D eigenvalue weighted by Crippen LogP contribution is -2.44. The second-order valence-corrected chi connectivity index (χ2v) is 4.79. The fraction of sp³-hybridized carbons (Fsp3) is 0.571. The van der Waals surface area contributed by atoms with Crippen LogP contribution in [0.3, 0.4) is 0 Å². The quantitative estimate of drug-likeness (QED) is 0.802. The Kier molecular flexibility index (Phi) is 4.02. The molecule has 0 saturated heterocycles. The zero-order chi connectivity index (χ0) is 12.3. The second-order valence-electron chi connectivity index (χ2n) is 4.79. The van der Waals surface area contributed by atoms with E-state index in [0.717, 1.165) is 12.3 Å². The molecular formula is C14H21NO2. The van der Waals surface area contributed by atoms with E-state index in [-0.39, 0.29) is 0 Å². The van der Waals surface area contributed by atoms with Crippen molar-refractivity contribution in [2.75, 3.05) is 20.3 Å². The van der Waals surface area contributed by atoms with E-state index in [1.165, 1.54) is 5.56 Å². The number of hydrogen-bond acceptors (Lipinski definition) is 3. The average molecular weight is 235 g/mol. The Morgan fingerprint density at radius 3 is 2.88 bits per heavy atom. The van der Waals surface area contributed by atoms with E-state index in [1.807, 2.05) is 12.1 Å². The molecule has 1 unspecified atom stereocenters. The average Bonchev–Trinajstić information content (AvgIpc) is 2.50. The van der Waals surface area contributed by atoms with Gasteiger partial charge in [0.1, 0.15) is 12.4 Å². The molecule has 0 aliphatic carbocycles. The minimum atomic E-state index is 0.326. The van der Waals surface area contributed by atoms with Gasteiger partial charge >= 0.3 is 0 Å². The molecule has 0 N–H and O–H groups in total. The van der Waals surface area contributed by atoms with E-state index >= 15 is 0 Å². The Bertz CT molecular complexity index is 365. The van der Waals surface area contributed by atoms with E-state index in [1.54, 1.807) is 7.11 Å². The Hall–Kier alpha value is -1.06. The van der Waals surface area contributed by atoms with Crippen LogP contribution in [0.15, 0.2) is 24.3 Å². The number of ether oxygens (including phenoxy) is 2. The Morgan fingerprint density at radius 2 is 2.18 bits per heavy atom. The van der Waals surface area contributed by atoms with E-state index in [0.29, 0.717) is 25.3 Å². The Balaban J connectivity index is 2.22. The van der Waals surface area contributed by atoms with E-state index < -0.39 is 0 Å². The molecular weight excluding hydrogens is 214 g/mol. The minimum Gasteiger partial charge on any atom is -0.492 e. The predicted octanol–water partition coefficient (Wildman–Crippen LogP) is 2.30. The van der Waals surface area contributed by atoms with E-state index in [9.17, 15) is 0 Å². The lowest BCUT2D eigenvalue weighted by molar-refractivity contribution is 0.0460. The van der Waals surface area contributed by atoms with Gasteiger partial charge in [-0.15, -0.1) is 0 Å². The van der Waals surface area contributed by atoms with Crippen LogP contribution in [0.4, 0.5) is 0 Å². The minimum absolute atomic E-state index is 0.326.